The minimum Gasteiger partial charge on any atom is -0.488 e. The normalized spacial score (nSPS) is 16.6. The molecule has 0 aliphatic carbocycles. The predicted molar refractivity (Wildman–Crippen MR) is 132 cm³/mol. The Morgan fingerprint density at radius 3 is 2.62 bits per heavy atom. The van der Waals surface area contributed by atoms with Crippen LogP contribution in [-0.4, -0.2) is 33.0 Å². The zero-order valence-corrected chi connectivity index (χ0v) is 20.6. The highest BCUT2D eigenvalue weighted by Gasteiger charge is 2.35. The van der Waals surface area contributed by atoms with E-state index in [1.807, 2.05) is 39.8 Å². The van der Waals surface area contributed by atoms with E-state index in [4.69, 9.17) is 4.74 Å². The Kier molecular flexibility index (Phi) is 7.73. The van der Waals surface area contributed by atoms with Crippen LogP contribution in [0.4, 0.5) is 5.69 Å². The maximum absolute atomic E-state index is 13.1. The monoisotopic (exact) mass is 517 g/mol. The van der Waals surface area contributed by atoms with Crippen molar-refractivity contribution in [1.29, 1.82) is 0 Å². The van der Waals surface area contributed by atoms with Crippen LogP contribution in [0, 0.1) is 10.1 Å². The summed E-state index contributed by atoms with van der Waals surface area (Å²) >= 11 is 4.83. The molecule has 0 saturated carbocycles. The van der Waals surface area contributed by atoms with Gasteiger partial charge in [0.25, 0.3) is 11.6 Å². The maximum atomic E-state index is 13.1. The molecule has 1 aliphatic heterocycles. The van der Waals surface area contributed by atoms with E-state index in [0.717, 1.165) is 10.0 Å². The number of aliphatic imine (C=N–C) groups is 1. The molecule has 7 nitrogen and oxygen atoms in total. The molecule has 2 aromatic rings. The number of ether oxygens (including phenoxy) is 1. The second-order valence-electron chi connectivity index (χ2n) is 7.78. The van der Waals surface area contributed by atoms with E-state index in [0.29, 0.717) is 21.4 Å². The second kappa shape index (κ2) is 10.3. The van der Waals surface area contributed by atoms with Crippen LogP contribution in [0.5, 0.6) is 5.75 Å². The average molecular weight is 518 g/mol. The van der Waals surface area contributed by atoms with Crippen molar-refractivity contribution in [3.05, 3.63) is 73.1 Å². The summed E-state index contributed by atoms with van der Waals surface area (Å²) in [6, 6.07) is 11.9. The van der Waals surface area contributed by atoms with Crippen molar-refractivity contribution in [3.63, 3.8) is 0 Å². The molecule has 0 radical (unpaired) electrons. The molecule has 32 heavy (non-hydrogen) atoms. The van der Waals surface area contributed by atoms with Gasteiger partial charge in [-0.2, -0.15) is 0 Å². The third-order valence-electron chi connectivity index (χ3n) is 4.50. The van der Waals surface area contributed by atoms with Gasteiger partial charge in [0.05, 0.1) is 9.83 Å². The number of nitro groups is 1. The summed E-state index contributed by atoms with van der Waals surface area (Å²) in [5.41, 5.74) is 1.43. The molecule has 0 unspecified atom stereocenters. The first-order valence-electron chi connectivity index (χ1n) is 10.1. The van der Waals surface area contributed by atoms with Gasteiger partial charge in [-0.25, -0.2) is 0 Å². The number of thioether (sulfide) groups is 1. The molecule has 1 heterocycles. The average Bonchev–Trinajstić information content (AvgIpc) is 3.01. The minimum absolute atomic E-state index is 0.00880. The molecule has 0 spiro atoms. The van der Waals surface area contributed by atoms with Crippen LogP contribution in [-0.2, 0) is 11.4 Å². The number of nitrogens with zero attached hydrogens (tertiary/aromatic N) is 3. The number of amidine groups is 1. The Hall–Kier alpha value is -2.65. The van der Waals surface area contributed by atoms with E-state index in [2.05, 4.69) is 20.9 Å². The fourth-order valence-corrected chi connectivity index (χ4v) is 4.68. The van der Waals surface area contributed by atoms with Gasteiger partial charge in [0.15, 0.2) is 5.17 Å². The number of hydrogen-bond acceptors (Lipinski definition) is 6. The van der Waals surface area contributed by atoms with Crippen LogP contribution in [0.2, 0.25) is 0 Å². The Labute approximate surface area is 199 Å². The van der Waals surface area contributed by atoms with E-state index in [9.17, 15) is 14.9 Å². The van der Waals surface area contributed by atoms with Crippen molar-refractivity contribution >= 4 is 50.5 Å². The predicted octanol–water partition coefficient (Wildman–Crippen LogP) is 6.03. The molecule has 3 rings (SSSR count). The number of nitro benzene ring substituents is 1. The number of hydrogen-bond donors (Lipinski definition) is 0. The first-order valence-corrected chi connectivity index (χ1v) is 11.7. The second-order valence-corrected chi connectivity index (χ2v) is 9.71. The summed E-state index contributed by atoms with van der Waals surface area (Å²) in [4.78, 5) is 30.5. The van der Waals surface area contributed by atoms with Gasteiger partial charge in [0.1, 0.15) is 12.4 Å². The number of carbonyl (C=O) groups excluding carboxylic acids is 1. The van der Waals surface area contributed by atoms with Crippen molar-refractivity contribution in [2.24, 2.45) is 4.99 Å². The molecule has 1 saturated heterocycles. The van der Waals surface area contributed by atoms with Crippen molar-refractivity contribution in [1.82, 2.24) is 4.90 Å². The highest BCUT2D eigenvalue weighted by atomic mass is 79.9. The Morgan fingerprint density at radius 1 is 1.22 bits per heavy atom. The van der Waals surface area contributed by atoms with Gasteiger partial charge >= 0.3 is 0 Å². The number of halogens is 1. The van der Waals surface area contributed by atoms with E-state index >= 15 is 0 Å². The fraction of sp³-hybridized carbons (Fsp3) is 0.304. The van der Waals surface area contributed by atoms with Gasteiger partial charge in [-0.3, -0.25) is 24.8 Å². The van der Waals surface area contributed by atoms with Crippen LogP contribution in [0.15, 0.2) is 56.8 Å². The molecule has 168 valence electrons. The number of benzene rings is 2. The summed E-state index contributed by atoms with van der Waals surface area (Å²) in [6.07, 6.45) is 1.80. The third kappa shape index (κ3) is 5.77. The minimum atomic E-state index is -0.432. The highest BCUT2D eigenvalue weighted by Crippen LogP contribution is 2.36. The van der Waals surface area contributed by atoms with Crippen molar-refractivity contribution in [2.75, 3.05) is 0 Å². The summed E-state index contributed by atoms with van der Waals surface area (Å²) in [6.45, 7) is 8.05. The fourth-order valence-electron chi connectivity index (χ4n) is 3.08. The topological polar surface area (TPSA) is 85.0 Å². The molecule has 0 aromatic heterocycles. The number of amides is 1. The SMILES string of the molecule is CC(C)N=C1S/C(=C/c2cc(Br)ccc2OCc2cccc([N+](=O)[O-])c2)C(=O)N1C(C)C. The van der Waals surface area contributed by atoms with Crippen molar-refractivity contribution in [2.45, 2.75) is 46.4 Å². The van der Waals surface area contributed by atoms with Gasteiger partial charge in [0, 0.05) is 34.3 Å². The van der Waals surface area contributed by atoms with Gasteiger partial charge in [-0.05, 0) is 69.3 Å². The smallest absolute Gasteiger partial charge is 0.269 e. The lowest BCUT2D eigenvalue weighted by atomic mass is 10.1. The summed E-state index contributed by atoms with van der Waals surface area (Å²) in [5, 5.41) is 11.7. The first-order chi connectivity index (χ1) is 15.2. The molecule has 1 fully saturated rings. The van der Waals surface area contributed by atoms with E-state index in [1.165, 1.54) is 23.9 Å². The molecule has 1 amide bonds. The van der Waals surface area contributed by atoms with E-state index in [-0.39, 0.29) is 30.3 Å². The van der Waals surface area contributed by atoms with E-state index < -0.39 is 4.92 Å². The summed E-state index contributed by atoms with van der Waals surface area (Å²) < 4.78 is 6.82. The van der Waals surface area contributed by atoms with E-state index in [1.54, 1.807) is 29.2 Å². The highest BCUT2D eigenvalue weighted by molar-refractivity contribution is 9.10. The number of carbonyl (C=O) groups is 1. The zero-order valence-electron chi connectivity index (χ0n) is 18.2. The molecule has 0 atom stereocenters. The largest absolute Gasteiger partial charge is 0.488 e. The lowest BCUT2D eigenvalue weighted by molar-refractivity contribution is -0.384. The molecule has 9 heteroatoms. The van der Waals surface area contributed by atoms with Crippen LogP contribution in [0.1, 0.15) is 38.8 Å². The van der Waals surface area contributed by atoms with Gasteiger partial charge in [0.2, 0.25) is 0 Å². The standard InChI is InChI=1S/C23H24BrN3O4S/c1-14(2)25-23-26(15(3)4)22(28)21(32-23)12-17-11-18(24)8-9-20(17)31-13-16-6-5-7-19(10-16)27(29)30/h5-12,14-15H,13H2,1-4H3/b21-12+,25-23?. The van der Waals surface area contributed by atoms with Crippen LogP contribution in [0.3, 0.4) is 0 Å². The molecular weight excluding hydrogens is 494 g/mol. The molecule has 2 aromatic carbocycles. The third-order valence-corrected chi connectivity index (χ3v) is 5.99. The first kappa shape index (κ1) is 24.0. The summed E-state index contributed by atoms with van der Waals surface area (Å²) in [7, 11) is 0. The van der Waals surface area contributed by atoms with Crippen LogP contribution < -0.4 is 4.74 Å². The van der Waals surface area contributed by atoms with Crippen LogP contribution in [0.25, 0.3) is 6.08 Å². The van der Waals surface area contributed by atoms with Gasteiger partial charge in [-0.15, -0.1) is 0 Å². The zero-order chi connectivity index (χ0) is 23.4. The Morgan fingerprint density at radius 2 is 1.97 bits per heavy atom. The van der Waals surface area contributed by atoms with Gasteiger partial charge < -0.3 is 4.74 Å². The molecule has 1 aliphatic rings. The molecule has 0 bridgehead atoms. The maximum Gasteiger partial charge on any atom is 0.269 e. The van der Waals surface area contributed by atoms with Crippen molar-refractivity contribution in [3.8, 4) is 5.75 Å². The number of non-ortho nitro benzene ring substituents is 1. The van der Waals surface area contributed by atoms with Crippen molar-refractivity contribution < 1.29 is 14.5 Å². The van der Waals surface area contributed by atoms with Gasteiger partial charge in [-0.1, -0.05) is 28.1 Å². The molecular formula is C23H24BrN3O4S. The lowest BCUT2D eigenvalue weighted by Crippen LogP contribution is -2.35. The quantitative estimate of drug-likeness (QED) is 0.254. The molecule has 0 N–H and O–H groups in total. The Balaban J connectivity index is 1.89. The lowest BCUT2D eigenvalue weighted by Gasteiger charge is -2.20. The number of rotatable bonds is 7. The Bertz CT molecular complexity index is 1100. The van der Waals surface area contributed by atoms with Crippen LogP contribution >= 0.6 is 27.7 Å². The summed E-state index contributed by atoms with van der Waals surface area (Å²) in [5.74, 6) is 0.486.